The van der Waals surface area contributed by atoms with Gasteiger partial charge in [0.15, 0.2) is 0 Å². The molecule has 0 aliphatic heterocycles. The van der Waals surface area contributed by atoms with Crippen molar-refractivity contribution in [3.63, 3.8) is 0 Å². The third-order valence-electron chi connectivity index (χ3n) is 3.44. The van der Waals surface area contributed by atoms with Crippen LogP contribution in [0.15, 0.2) is 23.1 Å². The Balaban J connectivity index is 2.26. The summed E-state index contributed by atoms with van der Waals surface area (Å²) in [5, 5.41) is 0. The van der Waals surface area contributed by atoms with E-state index in [2.05, 4.69) is 11.8 Å². The molecule has 1 aliphatic carbocycles. The van der Waals surface area contributed by atoms with Gasteiger partial charge in [-0.2, -0.15) is 13.2 Å². The Bertz CT molecular complexity index is 517. The first-order valence-corrected chi connectivity index (χ1v) is 7.70. The zero-order valence-corrected chi connectivity index (χ0v) is 12.2. The number of hydrogen-bond acceptors (Lipinski definition) is 1. The Labute approximate surface area is 122 Å². The third kappa shape index (κ3) is 4.49. The van der Waals surface area contributed by atoms with Crippen LogP contribution in [0, 0.1) is 17.8 Å². The summed E-state index contributed by atoms with van der Waals surface area (Å²) >= 11 is -0.0735. The predicted molar refractivity (Wildman–Crippen MR) is 76.6 cm³/mol. The first kappa shape index (κ1) is 15.3. The molecule has 1 aromatic rings. The van der Waals surface area contributed by atoms with E-state index >= 15 is 0 Å². The van der Waals surface area contributed by atoms with E-state index in [1.165, 1.54) is 18.9 Å². The SMILES string of the molecule is CCc1ccc(SC(F)(F)F)c(C#CC2CCCC2)c1. The molecule has 0 spiro atoms. The predicted octanol–water partition coefficient (Wildman–Crippen LogP) is 5.40. The average molecular weight is 298 g/mol. The van der Waals surface area contributed by atoms with Crippen LogP contribution in [-0.2, 0) is 6.42 Å². The van der Waals surface area contributed by atoms with Crippen molar-refractivity contribution in [2.75, 3.05) is 0 Å². The average Bonchev–Trinajstić information content (AvgIpc) is 2.89. The van der Waals surface area contributed by atoms with Gasteiger partial charge in [-0.05, 0) is 48.7 Å². The molecule has 1 saturated carbocycles. The number of halogens is 3. The molecule has 0 radical (unpaired) electrons. The molecule has 4 heteroatoms. The molecular weight excluding hydrogens is 281 g/mol. The molecule has 1 fully saturated rings. The van der Waals surface area contributed by atoms with E-state index in [9.17, 15) is 13.2 Å². The van der Waals surface area contributed by atoms with Gasteiger partial charge in [0.05, 0.1) is 0 Å². The Kier molecular flexibility index (Phi) is 5.04. The Morgan fingerprint density at radius 3 is 2.55 bits per heavy atom. The van der Waals surface area contributed by atoms with Gasteiger partial charge in [0.2, 0.25) is 0 Å². The normalized spacial score (nSPS) is 16.0. The summed E-state index contributed by atoms with van der Waals surface area (Å²) in [6, 6.07) is 5.07. The van der Waals surface area contributed by atoms with Crippen LogP contribution in [0.1, 0.15) is 43.7 Å². The second-order valence-corrected chi connectivity index (χ2v) is 6.09. The largest absolute Gasteiger partial charge is 0.446 e. The molecule has 0 saturated heterocycles. The number of alkyl halides is 3. The van der Waals surface area contributed by atoms with Crippen molar-refractivity contribution in [2.24, 2.45) is 5.92 Å². The highest BCUT2D eigenvalue weighted by molar-refractivity contribution is 8.00. The molecule has 108 valence electrons. The monoisotopic (exact) mass is 298 g/mol. The van der Waals surface area contributed by atoms with Gasteiger partial charge in [0.25, 0.3) is 0 Å². The summed E-state index contributed by atoms with van der Waals surface area (Å²) < 4.78 is 37.7. The lowest BCUT2D eigenvalue weighted by atomic mass is 10.1. The first-order valence-electron chi connectivity index (χ1n) is 6.88. The van der Waals surface area contributed by atoms with Gasteiger partial charge in [0.1, 0.15) is 0 Å². The Morgan fingerprint density at radius 1 is 1.25 bits per heavy atom. The quantitative estimate of drug-likeness (QED) is 0.520. The maximum Gasteiger partial charge on any atom is 0.446 e. The van der Waals surface area contributed by atoms with Crippen molar-refractivity contribution in [1.29, 1.82) is 0 Å². The highest BCUT2D eigenvalue weighted by atomic mass is 32.2. The second-order valence-electron chi connectivity index (χ2n) is 4.98. The summed E-state index contributed by atoms with van der Waals surface area (Å²) in [7, 11) is 0. The van der Waals surface area contributed by atoms with Crippen molar-refractivity contribution >= 4 is 11.8 Å². The van der Waals surface area contributed by atoms with Crippen LogP contribution in [0.2, 0.25) is 0 Å². The lowest BCUT2D eigenvalue weighted by Crippen LogP contribution is -2.00. The van der Waals surface area contributed by atoms with E-state index in [-0.39, 0.29) is 16.7 Å². The Hall–Kier alpha value is -1.08. The van der Waals surface area contributed by atoms with E-state index in [0.29, 0.717) is 11.5 Å². The van der Waals surface area contributed by atoms with Crippen LogP contribution in [0.4, 0.5) is 13.2 Å². The van der Waals surface area contributed by atoms with Crippen LogP contribution in [0.3, 0.4) is 0 Å². The Morgan fingerprint density at radius 2 is 1.95 bits per heavy atom. The molecule has 2 rings (SSSR count). The fraction of sp³-hybridized carbons (Fsp3) is 0.500. The minimum atomic E-state index is -4.27. The molecule has 1 aromatic carbocycles. The molecule has 0 amide bonds. The highest BCUT2D eigenvalue weighted by Crippen LogP contribution is 2.38. The van der Waals surface area contributed by atoms with Gasteiger partial charge in [-0.3, -0.25) is 0 Å². The van der Waals surface area contributed by atoms with Crippen LogP contribution in [0.5, 0.6) is 0 Å². The van der Waals surface area contributed by atoms with Crippen LogP contribution in [0.25, 0.3) is 0 Å². The fourth-order valence-electron chi connectivity index (χ4n) is 2.36. The first-order chi connectivity index (χ1) is 9.48. The minimum Gasteiger partial charge on any atom is -0.160 e. The lowest BCUT2D eigenvalue weighted by molar-refractivity contribution is -0.0328. The number of hydrogen-bond donors (Lipinski definition) is 0. The molecule has 0 atom stereocenters. The van der Waals surface area contributed by atoms with E-state index in [0.717, 1.165) is 24.8 Å². The van der Waals surface area contributed by atoms with Crippen molar-refractivity contribution in [1.82, 2.24) is 0 Å². The third-order valence-corrected chi connectivity index (χ3v) is 4.25. The van der Waals surface area contributed by atoms with Gasteiger partial charge >= 0.3 is 5.51 Å². The van der Waals surface area contributed by atoms with E-state index in [1.807, 2.05) is 6.92 Å². The van der Waals surface area contributed by atoms with Crippen molar-refractivity contribution in [2.45, 2.75) is 49.4 Å². The van der Waals surface area contributed by atoms with E-state index in [1.54, 1.807) is 12.1 Å². The smallest absolute Gasteiger partial charge is 0.160 e. The summed E-state index contributed by atoms with van der Waals surface area (Å²) in [5.74, 6) is 6.48. The molecular formula is C16H17F3S. The maximum atomic E-state index is 12.6. The zero-order chi connectivity index (χ0) is 14.6. The lowest BCUT2D eigenvalue weighted by Gasteiger charge is -2.09. The number of benzene rings is 1. The second kappa shape index (κ2) is 6.58. The summed E-state index contributed by atoms with van der Waals surface area (Å²) in [6.45, 7) is 1.99. The number of aryl methyl sites for hydroxylation is 1. The van der Waals surface area contributed by atoms with E-state index < -0.39 is 5.51 Å². The molecule has 0 heterocycles. The molecule has 0 nitrogen and oxygen atoms in total. The van der Waals surface area contributed by atoms with Crippen LogP contribution >= 0.6 is 11.8 Å². The molecule has 0 unspecified atom stereocenters. The standard InChI is InChI=1S/C16H17F3S/c1-2-12-8-10-15(20-16(17,18)19)14(11-12)9-7-13-5-3-4-6-13/h8,10-11,13H,2-6H2,1H3. The fourth-order valence-corrected chi connectivity index (χ4v) is 2.96. The molecule has 20 heavy (non-hydrogen) atoms. The van der Waals surface area contributed by atoms with Gasteiger partial charge in [0, 0.05) is 16.4 Å². The van der Waals surface area contributed by atoms with Gasteiger partial charge < -0.3 is 0 Å². The van der Waals surface area contributed by atoms with Gasteiger partial charge in [-0.25, -0.2) is 0 Å². The zero-order valence-electron chi connectivity index (χ0n) is 11.4. The molecule has 0 N–H and O–H groups in total. The summed E-state index contributed by atoms with van der Waals surface area (Å²) in [5.41, 5.74) is -2.73. The van der Waals surface area contributed by atoms with Gasteiger partial charge in [-0.1, -0.05) is 37.7 Å². The van der Waals surface area contributed by atoms with Crippen LogP contribution < -0.4 is 0 Å². The van der Waals surface area contributed by atoms with Crippen molar-refractivity contribution < 1.29 is 13.2 Å². The van der Waals surface area contributed by atoms with Gasteiger partial charge in [-0.15, -0.1) is 0 Å². The van der Waals surface area contributed by atoms with Crippen molar-refractivity contribution in [3.8, 4) is 11.8 Å². The summed E-state index contributed by atoms with van der Waals surface area (Å²) in [6.07, 6.45) is 5.30. The molecule has 0 aromatic heterocycles. The van der Waals surface area contributed by atoms with Crippen LogP contribution in [-0.4, -0.2) is 5.51 Å². The number of rotatable bonds is 2. The maximum absolute atomic E-state index is 12.6. The molecule has 1 aliphatic rings. The van der Waals surface area contributed by atoms with E-state index in [4.69, 9.17) is 0 Å². The molecule has 0 bridgehead atoms. The summed E-state index contributed by atoms with van der Waals surface area (Å²) in [4.78, 5) is 0.209. The minimum absolute atomic E-state index is 0.0735. The highest BCUT2D eigenvalue weighted by Gasteiger charge is 2.30. The topological polar surface area (TPSA) is 0 Å². The number of thioether (sulfide) groups is 1. The van der Waals surface area contributed by atoms with Crippen molar-refractivity contribution in [3.05, 3.63) is 29.3 Å².